The van der Waals surface area contributed by atoms with E-state index in [0.717, 1.165) is 39.0 Å². The summed E-state index contributed by atoms with van der Waals surface area (Å²) in [4.78, 5) is 110. The molecule has 0 spiro atoms. The van der Waals surface area contributed by atoms with Crippen LogP contribution in [0.15, 0.2) is 35.3 Å². The topological polar surface area (TPSA) is 312 Å². The van der Waals surface area contributed by atoms with Crippen LogP contribution in [0.2, 0.25) is 0 Å². The highest BCUT2D eigenvalue weighted by molar-refractivity contribution is 5.97. The summed E-state index contributed by atoms with van der Waals surface area (Å²) in [6.45, 7) is 8.20. The largest absolute Gasteiger partial charge is 0.467 e. The molecule has 8 atom stereocenters. The van der Waals surface area contributed by atoms with Crippen molar-refractivity contribution in [3.8, 4) is 0 Å². The number of nitrogens with two attached hydrogens (primary N) is 1. The molecule has 0 saturated carbocycles. The summed E-state index contributed by atoms with van der Waals surface area (Å²) >= 11 is 0. The molecule has 2 heterocycles. The van der Waals surface area contributed by atoms with E-state index in [1.807, 2.05) is 0 Å². The number of aliphatic imine (C=N–C) groups is 1. The standard InChI is InChI=1S/C42H66N10O11/c1-24(2)19-30(38(59)48-31(21-33(43)55)39(60)50-32(41(62)63-5)20-27-11-7-6-8-12-27)49-40(61)36(26(4)54)51-37(58)25(3)45-35(57)14-10-9-13-34(56)44-22-28-15-17-52-18-16-29(23-53)47-42(52)46-28/h6-8,11-12,24-26,28-32,36,53-54H,9-10,13-23H2,1-5H3,(H2,43,55)(H,44,56)(H,45,57)(H,46,47)(H,48,59)(H,49,61)(H,50,60)(H,51,58)/t25-,26+,28-,29-,30-,31-,32-,36-/m0/s1. The minimum Gasteiger partial charge on any atom is -0.467 e. The van der Waals surface area contributed by atoms with Crippen molar-refractivity contribution in [2.75, 3.05) is 33.4 Å². The quantitative estimate of drug-likeness (QED) is 0.0363. The first-order valence-electron chi connectivity index (χ1n) is 21.5. The van der Waals surface area contributed by atoms with Crippen LogP contribution in [-0.4, -0.2) is 150 Å². The van der Waals surface area contributed by atoms with Gasteiger partial charge < -0.3 is 62.8 Å². The van der Waals surface area contributed by atoms with E-state index in [1.54, 1.807) is 44.2 Å². The number of fused-ring (bicyclic) bond motifs is 1. The molecule has 21 nitrogen and oxygen atoms in total. The van der Waals surface area contributed by atoms with E-state index in [1.165, 1.54) is 13.8 Å². The summed E-state index contributed by atoms with van der Waals surface area (Å²) in [5, 5.41) is 38.6. The minimum absolute atomic E-state index is 0.00744. The van der Waals surface area contributed by atoms with Gasteiger partial charge in [-0.3, -0.25) is 33.6 Å². The van der Waals surface area contributed by atoms with Gasteiger partial charge >= 0.3 is 5.97 Å². The maximum Gasteiger partial charge on any atom is 0.328 e. The van der Waals surface area contributed by atoms with Gasteiger partial charge in [0.05, 0.1) is 32.3 Å². The number of hydrogen-bond acceptors (Lipinski definition) is 14. The Morgan fingerprint density at radius 1 is 0.825 bits per heavy atom. The molecule has 350 valence electrons. The van der Waals surface area contributed by atoms with Gasteiger partial charge in [0, 0.05) is 44.9 Å². The molecule has 2 aliphatic heterocycles. The third-order valence-corrected chi connectivity index (χ3v) is 10.5. The van der Waals surface area contributed by atoms with Gasteiger partial charge in [-0.15, -0.1) is 0 Å². The maximum atomic E-state index is 13.6. The molecule has 0 bridgehead atoms. The summed E-state index contributed by atoms with van der Waals surface area (Å²) in [5.41, 5.74) is 6.10. The second-order valence-electron chi connectivity index (χ2n) is 16.4. The van der Waals surface area contributed by atoms with E-state index in [2.05, 4.69) is 47.1 Å². The van der Waals surface area contributed by atoms with Crippen LogP contribution in [0.5, 0.6) is 0 Å². The first-order chi connectivity index (χ1) is 29.9. The monoisotopic (exact) mass is 886 g/mol. The van der Waals surface area contributed by atoms with Crippen molar-refractivity contribution in [2.24, 2.45) is 16.6 Å². The van der Waals surface area contributed by atoms with E-state index < -0.39 is 84.1 Å². The van der Waals surface area contributed by atoms with Crippen LogP contribution < -0.4 is 43.0 Å². The number of guanidine groups is 1. The molecule has 0 aliphatic carbocycles. The number of methoxy groups -OCH3 is 1. The van der Waals surface area contributed by atoms with Crippen LogP contribution >= 0.6 is 0 Å². The number of esters is 1. The smallest absolute Gasteiger partial charge is 0.328 e. The summed E-state index contributed by atoms with van der Waals surface area (Å²) in [7, 11) is 1.15. The number of aliphatic hydroxyl groups is 2. The fraction of sp³-hybridized carbons (Fsp3) is 0.643. The summed E-state index contributed by atoms with van der Waals surface area (Å²) in [5.74, 6) is -5.33. The first-order valence-corrected chi connectivity index (χ1v) is 21.5. The van der Waals surface area contributed by atoms with Gasteiger partial charge in [-0.1, -0.05) is 44.2 Å². The van der Waals surface area contributed by atoms with Crippen LogP contribution in [0, 0.1) is 5.92 Å². The van der Waals surface area contributed by atoms with Gasteiger partial charge in [-0.2, -0.15) is 0 Å². The van der Waals surface area contributed by atoms with E-state index in [4.69, 9.17) is 10.5 Å². The number of amides is 7. The van der Waals surface area contributed by atoms with Crippen LogP contribution in [0.25, 0.3) is 0 Å². The van der Waals surface area contributed by atoms with Crippen molar-refractivity contribution in [2.45, 2.75) is 134 Å². The maximum absolute atomic E-state index is 13.6. The SMILES string of the molecule is COC(=O)[C@H](Cc1ccccc1)NC(=O)[C@H](CC(N)=O)NC(=O)[C@H](CC(C)C)NC(=O)[C@@H](NC(=O)[C@H](C)NC(=O)CCCCC(=O)NC[C@@H]1CCN2CC[C@@H](CO)N=C2N1)[C@@H](C)O. The third-order valence-electron chi connectivity index (χ3n) is 10.5. The van der Waals surface area contributed by atoms with E-state index >= 15 is 0 Å². The van der Waals surface area contributed by atoms with Gasteiger partial charge in [0.15, 0.2) is 5.96 Å². The van der Waals surface area contributed by atoms with Gasteiger partial charge in [-0.05, 0) is 57.4 Å². The van der Waals surface area contributed by atoms with E-state index in [0.29, 0.717) is 24.9 Å². The predicted molar refractivity (Wildman–Crippen MR) is 230 cm³/mol. The Bertz CT molecular complexity index is 1760. The Labute approximate surface area is 367 Å². The molecule has 2 aliphatic rings. The first kappa shape index (κ1) is 51.5. The molecule has 11 N–H and O–H groups in total. The third kappa shape index (κ3) is 17.8. The highest BCUT2D eigenvalue weighted by Gasteiger charge is 2.35. The molecule has 1 saturated heterocycles. The fourth-order valence-electron chi connectivity index (χ4n) is 6.99. The lowest BCUT2D eigenvalue weighted by atomic mass is 10.0. The van der Waals surface area contributed by atoms with Crippen LogP contribution in [-0.2, 0) is 49.5 Å². The Balaban J connectivity index is 1.50. The van der Waals surface area contributed by atoms with Crippen molar-refractivity contribution in [3.63, 3.8) is 0 Å². The molecule has 3 rings (SSSR count). The molecule has 21 heteroatoms. The van der Waals surface area contributed by atoms with E-state index in [9.17, 15) is 48.6 Å². The number of unbranched alkanes of at least 4 members (excludes halogenated alkanes) is 1. The number of nitrogens with zero attached hydrogens (tertiary/aromatic N) is 2. The van der Waals surface area contributed by atoms with Crippen LogP contribution in [0.3, 0.4) is 0 Å². The fourth-order valence-corrected chi connectivity index (χ4v) is 6.99. The lowest BCUT2D eigenvalue weighted by Crippen LogP contribution is -2.61. The van der Waals surface area contributed by atoms with Crippen molar-refractivity contribution in [1.29, 1.82) is 0 Å². The lowest BCUT2D eigenvalue weighted by molar-refractivity contribution is -0.145. The number of benzene rings is 1. The molecule has 0 unspecified atom stereocenters. The number of aliphatic hydroxyl groups excluding tert-OH is 2. The molecule has 1 aromatic rings. The zero-order valence-corrected chi connectivity index (χ0v) is 36.8. The number of carbonyl (C=O) groups excluding carboxylic acids is 8. The Morgan fingerprint density at radius 2 is 1.44 bits per heavy atom. The lowest BCUT2D eigenvalue weighted by Gasteiger charge is -2.39. The molecule has 0 radical (unpaired) electrons. The Morgan fingerprint density at radius 3 is 2.06 bits per heavy atom. The summed E-state index contributed by atoms with van der Waals surface area (Å²) < 4.78 is 4.85. The van der Waals surface area contributed by atoms with Crippen LogP contribution in [0.1, 0.15) is 84.6 Å². The van der Waals surface area contributed by atoms with Gasteiger partial charge in [-0.25, -0.2) is 9.79 Å². The van der Waals surface area contributed by atoms with Gasteiger partial charge in [0.1, 0.15) is 30.2 Å². The number of carbonyl (C=O) groups is 8. The molecular weight excluding hydrogens is 821 g/mol. The molecule has 7 amide bonds. The van der Waals surface area contributed by atoms with Crippen molar-refractivity contribution in [3.05, 3.63) is 35.9 Å². The molecule has 1 fully saturated rings. The number of rotatable bonds is 25. The predicted octanol–water partition coefficient (Wildman–Crippen LogP) is -2.39. The Hall–Kier alpha value is -5.83. The zero-order valence-electron chi connectivity index (χ0n) is 36.8. The Kier molecular flexibility index (Phi) is 21.2. The van der Waals surface area contributed by atoms with Crippen molar-refractivity contribution >= 4 is 53.3 Å². The normalized spacial score (nSPS) is 18.6. The summed E-state index contributed by atoms with van der Waals surface area (Å²) in [6.07, 6.45) is 0.604. The average molecular weight is 887 g/mol. The number of hydrogen-bond donors (Lipinski definition) is 10. The molecule has 0 aromatic heterocycles. The zero-order chi connectivity index (χ0) is 46.6. The highest BCUT2D eigenvalue weighted by Crippen LogP contribution is 2.15. The average Bonchev–Trinajstić information content (AvgIpc) is 3.24. The number of nitrogens with one attached hydrogen (secondary N) is 7. The molecular formula is C42H66N10O11. The van der Waals surface area contributed by atoms with Crippen molar-refractivity contribution in [1.82, 2.24) is 42.1 Å². The van der Waals surface area contributed by atoms with Gasteiger partial charge in [0.2, 0.25) is 41.4 Å². The van der Waals surface area contributed by atoms with Crippen LogP contribution in [0.4, 0.5) is 0 Å². The molecule has 1 aromatic carbocycles. The minimum atomic E-state index is -1.57. The second-order valence-corrected chi connectivity index (χ2v) is 16.4. The summed E-state index contributed by atoms with van der Waals surface area (Å²) in [6, 6.07) is 1.88. The highest BCUT2D eigenvalue weighted by atomic mass is 16.5. The van der Waals surface area contributed by atoms with Gasteiger partial charge in [0.25, 0.3) is 0 Å². The number of primary amides is 1. The molecule has 63 heavy (non-hydrogen) atoms. The second kappa shape index (κ2) is 25.9. The van der Waals surface area contributed by atoms with E-state index in [-0.39, 0.29) is 56.2 Å². The number of ether oxygens (including phenoxy) is 1. The van der Waals surface area contributed by atoms with Crippen molar-refractivity contribution < 1.29 is 53.3 Å².